The second-order valence-electron chi connectivity index (χ2n) is 6.41. The van der Waals surface area contributed by atoms with E-state index in [-0.39, 0.29) is 5.91 Å². The van der Waals surface area contributed by atoms with Crippen LogP contribution in [0.3, 0.4) is 0 Å². The van der Waals surface area contributed by atoms with Gasteiger partial charge in [-0.3, -0.25) is 4.79 Å². The van der Waals surface area contributed by atoms with Crippen molar-refractivity contribution in [1.29, 1.82) is 0 Å². The molecule has 0 spiro atoms. The minimum atomic E-state index is -0.0491. The first-order valence-electron chi connectivity index (χ1n) is 8.71. The summed E-state index contributed by atoms with van der Waals surface area (Å²) in [6.07, 6.45) is 4.02. The quantitative estimate of drug-likeness (QED) is 0.891. The highest BCUT2D eigenvalue weighted by molar-refractivity contribution is 6.30. The molecule has 0 radical (unpaired) electrons. The van der Waals surface area contributed by atoms with Gasteiger partial charge < -0.3 is 10.2 Å². The molecule has 1 aromatic carbocycles. The van der Waals surface area contributed by atoms with E-state index in [0.29, 0.717) is 23.8 Å². The first kappa shape index (κ1) is 17.7. The van der Waals surface area contributed by atoms with Crippen LogP contribution in [0.4, 0.5) is 5.82 Å². The van der Waals surface area contributed by atoms with Crippen molar-refractivity contribution in [3.05, 3.63) is 52.4 Å². The number of halogens is 1. The van der Waals surface area contributed by atoms with E-state index in [1.54, 1.807) is 12.1 Å². The van der Waals surface area contributed by atoms with Gasteiger partial charge in [0.05, 0.1) is 13.0 Å². The Kier molecular flexibility index (Phi) is 5.87. The van der Waals surface area contributed by atoms with E-state index in [9.17, 15) is 4.79 Å². The molecule has 1 aliphatic heterocycles. The molecular weight excluding hydrogens is 336 g/mol. The third kappa shape index (κ3) is 5.16. The molecule has 6 heteroatoms. The smallest absolute Gasteiger partial charge is 0.224 e. The summed E-state index contributed by atoms with van der Waals surface area (Å²) < 4.78 is 0. The number of piperidine rings is 1. The Labute approximate surface area is 153 Å². The first-order valence-corrected chi connectivity index (χ1v) is 9.08. The van der Waals surface area contributed by atoms with E-state index >= 15 is 0 Å². The Bertz CT molecular complexity index is 727. The predicted octanol–water partition coefficient (Wildman–Crippen LogP) is 3.29. The second-order valence-corrected chi connectivity index (χ2v) is 6.85. The summed E-state index contributed by atoms with van der Waals surface area (Å²) in [7, 11) is 0. The summed E-state index contributed by atoms with van der Waals surface area (Å²) in [5.74, 6) is 1.58. The van der Waals surface area contributed by atoms with Gasteiger partial charge >= 0.3 is 0 Å². The zero-order valence-electron chi connectivity index (χ0n) is 14.5. The van der Waals surface area contributed by atoms with Crippen LogP contribution >= 0.6 is 11.6 Å². The van der Waals surface area contributed by atoms with E-state index in [1.807, 2.05) is 25.1 Å². The summed E-state index contributed by atoms with van der Waals surface area (Å²) in [6, 6.07) is 9.32. The molecule has 3 rings (SSSR count). The van der Waals surface area contributed by atoms with E-state index in [1.165, 1.54) is 19.3 Å². The van der Waals surface area contributed by atoms with Crippen molar-refractivity contribution in [3.63, 3.8) is 0 Å². The molecule has 1 N–H and O–H groups in total. The lowest BCUT2D eigenvalue weighted by Crippen LogP contribution is -2.31. The maximum Gasteiger partial charge on any atom is 0.224 e. The fourth-order valence-electron chi connectivity index (χ4n) is 3.00. The number of hydrogen-bond acceptors (Lipinski definition) is 4. The third-order valence-corrected chi connectivity index (χ3v) is 4.54. The first-order chi connectivity index (χ1) is 12.1. The largest absolute Gasteiger partial charge is 0.357 e. The number of hydrogen-bond donors (Lipinski definition) is 1. The van der Waals surface area contributed by atoms with E-state index in [2.05, 4.69) is 20.2 Å². The van der Waals surface area contributed by atoms with E-state index in [4.69, 9.17) is 11.6 Å². The lowest BCUT2D eigenvalue weighted by atomic mass is 10.1. The molecule has 2 aromatic rings. The van der Waals surface area contributed by atoms with Gasteiger partial charge in [-0.25, -0.2) is 9.97 Å². The number of aryl methyl sites for hydroxylation is 1. The number of benzene rings is 1. The van der Waals surface area contributed by atoms with Crippen molar-refractivity contribution in [1.82, 2.24) is 15.3 Å². The Morgan fingerprint density at radius 2 is 1.88 bits per heavy atom. The number of carbonyl (C=O) groups is 1. The Morgan fingerprint density at radius 1 is 1.16 bits per heavy atom. The molecule has 25 heavy (non-hydrogen) atoms. The SMILES string of the molecule is Cc1cc(N2CCCCC2)nc(CNC(=O)Cc2ccc(Cl)cc2)n1. The summed E-state index contributed by atoms with van der Waals surface area (Å²) in [5.41, 5.74) is 1.86. The van der Waals surface area contributed by atoms with Gasteiger partial charge in [-0.2, -0.15) is 0 Å². The van der Waals surface area contributed by atoms with Crippen LogP contribution in [-0.2, 0) is 17.8 Å². The van der Waals surface area contributed by atoms with Gasteiger partial charge in [0.2, 0.25) is 5.91 Å². The maximum absolute atomic E-state index is 12.1. The Morgan fingerprint density at radius 3 is 2.60 bits per heavy atom. The average molecular weight is 359 g/mol. The third-order valence-electron chi connectivity index (χ3n) is 4.29. The highest BCUT2D eigenvalue weighted by atomic mass is 35.5. The monoisotopic (exact) mass is 358 g/mol. The number of aromatic nitrogens is 2. The van der Waals surface area contributed by atoms with Crippen molar-refractivity contribution in [3.8, 4) is 0 Å². The number of amides is 1. The highest BCUT2D eigenvalue weighted by Gasteiger charge is 2.14. The molecule has 1 aliphatic rings. The van der Waals surface area contributed by atoms with Crippen molar-refractivity contribution < 1.29 is 4.79 Å². The number of nitrogens with one attached hydrogen (secondary N) is 1. The van der Waals surface area contributed by atoms with E-state index < -0.39 is 0 Å². The lowest BCUT2D eigenvalue weighted by molar-refractivity contribution is -0.120. The molecule has 0 atom stereocenters. The molecule has 2 heterocycles. The number of anilines is 1. The van der Waals surface area contributed by atoms with Gasteiger partial charge in [-0.1, -0.05) is 23.7 Å². The molecule has 1 saturated heterocycles. The molecule has 1 aromatic heterocycles. The fourth-order valence-corrected chi connectivity index (χ4v) is 3.13. The van der Waals surface area contributed by atoms with Gasteiger partial charge in [0.1, 0.15) is 11.6 Å². The summed E-state index contributed by atoms with van der Waals surface area (Å²) in [5, 5.41) is 3.57. The van der Waals surface area contributed by atoms with Crippen LogP contribution in [0.2, 0.25) is 5.02 Å². The van der Waals surface area contributed by atoms with Gasteiger partial charge in [0.25, 0.3) is 0 Å². The van der Waals surface area contributed by atoms with E-state index in [0.717, 1.165) is 30.2 Å². The predicted molar refractivity (Wildman–Crippen MR) is 99.8 cm³/mol. The van der Waals surface area contributed by atoms with Crippen LogP contribution in [0.5, 0.6) is 0 Å². The minimum absolute atomic E-state index is 0.0491. The van der Waals surface area contributed by atoms with Gasteiger partial charge in [0, 0.05) is 29.9 Å². The number of rotatable bonds is 5. The van der Waals surface area contributed by atoms with Crippen LogP contribution in [0.1, 0.15) is 36.3 Å². The van der Waals surface area contributed by atoms with Crippen molar-refractivity contribution in [2.75, 3.05) is 18.0 Å². The molecule has 5 nitrogen and oxygen atoms in total. The van der Waals surface area contributed by atoms with Gasteiger partial charge in [0.15, 0.2) is 0 Å². The maximum atomic E-state index is 12.1. The summed E-state index contributed by atoms with van der Waals surface area (Å²) >= 11 is 5.86. The highest BCUT2D eigenvalue weighted by Crippen LogP contribution is 2.18. The Balaban J connectivity index is 1.59. The topological polar surface area (TPSA) is 58.1 Å². The standard InChI is InChI=1S/C19H23ClN4O/c1-14-11-18(24-9-3-2-4-10-24)23-17(22-14)13-21-19(25)12-15-5-7-16(20)8-6-15/h5-8,11H,2-4,9-10,12-13H2,1H3,(H,21,25). The van der Waals surface area contributed by atoms with Crippen molar-refractivity contribution in [2.45, 2.75) is 39.2 Å². The van der Waals surface area contributed by atoms with Crippen LogP contribution in [-0.4, -0.2) is 29.0 Å². The normalized spacial score (nSPS) is 14.4. The molecule has 1 amide bonds. The molecule has 0 unspecified atom stereocenters. The van der Waals surface area contributed by atoms with Gasteiger partial charge in [-0.05, 0) is 43.9 Å². The summed E-state index contributed by atoms with van der Waals surface area (Å²) in [4.78, 5) is 23.5. The zero-order chi connectivity index (χ0) is 17.6. The van der Waals surface area contributed by atoms with Crippen LogP contribution in [0.25, 0.3) is 0 Å². The van der Waals surface area contributed by atoms with Crippen molar-refractivity contribution in [2.24, 2.45) is 0 Å². The lowest BCUT2D eigenvalue weighted by Gasteiger charge is -2.28. The van der Waals surface area contributed by atoms with Crippen LogP contribution in [0, 0.1) is 6.92 Å². The number of carbonyl (C=O) groups excluding carboxylic acids is 1. The fraction of sp³-hybridized carbons (Fsp3) is 0.421. The minimum Gasteiger partial charge on any atom is -0.357 e. The van der Waals surface area contributed by atoms with Crippen molar-refractivity contribution >= 4 is 23.3 Å². The van der Waals surface area contributed by atoms with Crippen LogP contribution < -0.4 is 10.2 Å². The molecule has 0 bridgehead atoms. The molecular formula is C19H23ClN4O. The second kappa shape index (κ2) is 8.30. The summed E-state index contributed by atoms with van der Waals surface area (Å²) in [6.45, 7) is 4.39. The molecule has 0 aliphatic carbocycles. The Hall–Kier alpha value is -2.14. The number of nitrogens with zero attached hydrogens (tertiary/aromatic N) is 3. The molecule has 132 valence electrons. The molecule has 0 saturated carbocycles. The van der Waals surface area contributed by atoms with Crippen LogP contribution in [0.15, 0.2) is 30.3 Å². The molecule has 1 fully saturated rings. The average Bonchev–Trinajstić information content (AvgIpc) is 2.62. The zero-order valence-corrected chi connectivity index (χ0v) is 15.2. The van der Waals surface area contributed by atoms with Gasteiger partial charge in [-0.15, -0.1) is 0 Å².